The lowest BCUT2D eigenvalue weighted by Gasteiger charge is -2.31. The van der Waals surface area contributed by atoms with Crippen LogP contribution in [0, 0.1) is 0 Å². The Balaban J connectivity index is 1.61. The summed E-state index contributed by atoms with van der Waals surface area (Å²) in [6.07, 6.45) is -3.83. The Kier molecular flexibility index (Phi) is 5.34. The Morgan fingerprint density at radius 3 is 2.29 bits per heavy atom. The first kappa shape index (κ1) is 22.6. The number of aliphatic hydroxyl groups excluding tert-OH is 2. The molecule has 4 atom stereocenters. The minimum Gasteiger partial charge on any atom is -0.508 e. The second kappa shape index (κ2) is 8.26. The molecule has 35 heavy (non-hydrogen) atoms. The quantitative estimate of drug-likeness (QED) is 0.325. The fraction of sp³-hybridized carbons (Fsp3) is 0.240. The van der Waals surface area contributed by atoms with Gasteiger partial charge in [0.15, 0.2) is 23.7 Å². The van der Waals surface area contributed by atoms with Crippen LogP contribution in [0.2, 0.25) is 0 Å². The molecule has 0 bridgehead atoms. The maximum absolute atomic E-state index is 12.9. The number of rotatable bonds is 4. The molecule has 3 aromatic rings. The van der Waals surface area contributed by atoms with E-state index in [9.17, 15) is 35.4 Å². The highest BCUT2D eigenvalue weighted by atomic mass is 16.5. The van der Waals surface area contributed by atoms with Gasteiger partial charge in [-0.2, -0.15) is 0 Å². The zero-order valence-corrected chi connectivity index (χ0v) is 18.4. The van der Waals surface area contributed by atoms with Gasteiger partial charge >= 0.3 is 0 Å². The maximum Gasteiger partial charge on any atom is 0.202 e. The molecular weight excluding hydrogens is 460 g/mol. The molecule has 0 unspecified atom stereocenters. The molecule has 5 rings (SSSR count). The van der Waals surface area contributed by atoms with Crippen LogP contribution >= 0.6 is 0 Å². The summed E-state index contributed by atoms with van der Waals surface area (Å²) in [5.41, 5.74) is 0.905. The molecule has 0 saturated heterocycles. The number of aromatic hydroxyl groups is 4. The van der Waals surface area contributed by atoms with Gasteiger partial charge in [-0.05, 0) is 23.8 Å². The monoisotopic (exact) mass is 482 g/mol. The number of phenols is 4. The van der Waals surface area contributed by atoms with E-state index in [-0.39, 0.29) is 45.6 Å². The number of carbonyl (C=O) groups excluding carboxylic acids is 1. The molecule has 0 fully saturated rings. The van der Waals surface area contributed by atoms with E-state index >= 15 is 0 Å². The van der Waals surface area contributed by atoms with E-state index in [0.29, 0.717) is 11.1 Å². The summed E-state index contributed by atoms with van der Waals surface area (Å²) >= 11 is 0. The van der Waals surface area contributed by atoms with Crippen molar-refractivity contribution < 1.29 is 49.6 Å². The highest BCUT2D eigenvalue weighted by molar-refractivity contribution is 6.05. The number of Topliss-reactive ketones (excluding diaryl/α,β-unsaturated/α-hetero) is 1. The number of hydrogen-bond donors (Lipinski definition) is 6. The van der Waals surface area contributed by atoms with Crippen molar-refractivity contribution in [2.24, 2.45) is 0 Å². The summed E-state index contributed by atoms with van der Waals surface area (Å²) < 4.78 is 17.1. The van der Waals surface area contributed by atoms with Crippen molar-refractivity contribution >= 4 is 5.78 Å². The molecule has 0 spiro atoms. The van der Waals surface area contributed by atoms with E-state index in [4.69, 9.17) is 14.2 Å². The summed E-state index contributed by atoms with van der Waals surface area (Å²) in [6.45, 7) is -0.395. The maximum atomic E-state index is 12.9. The van der Waals surface area contributed by atoms with Crippen LogP contribution in [0.5, 0.6) is 40.2 Å². The van der Waals surface area contributed by atoms with Crippen LogP contribution in [-0.4, -0.2) is 56.2 Å². The number of aliphatic hydroxyl groups is 2. The highest BCUT2D eigenvalue weighted by Crippen LogP contribution is 2.53. The molecule has 3 aromatic carbocycles. The lowest BCUT2D eigenvalue weighted by atomic mass is 9.84. The minimum atomic E-state index is -1.75. The number of fused-ring (bicyclic) bond motifs is 2. The van der Waals surface area contributed by atoms with Crippen LogP contribution in [0.4, 0.5) is 0 Å². The predicted octanol–water partition coefficient (Wildman–Crippen LogP) is 2.40. The van der Waals surface area contributed by atoms with Crippen LogP contribution in [0.25, 0.3) is 0 Å². The Morgan fingerprint density at radius 2 is 1.57 bits per heavy atom. The summed E-state index contributed by atoms with van der Waals surface area (Å²) in [5.74, 6) is -2.44. The molecule has 0 aliphatic carbocycles. The van der Waals surface area contributed by atoms with Gasteiger partial charge in [0, 0.05) is 29.3 Å². The van der Waals surface area contributed by atoms with Crippen molar-refractivity contribution in [2.45, 2.75) is 24.2 Å². The highest BCUT2D eigenvalue weighted by Gasteiger charge is 2.45. The minimum absolute atomic E-state index is 0.0759. The molecule has 2 aliphatic heterocycles. The first-order valence-corrected chi connectivity index (χ1v) is 10.7. The summed E-state index contributed by atoms with van der Waals surface area (Å²) in [5, 5.41) is 61.4. The lowest BCUT2D eigenvalue weighted by Crippen LogP contribution is -2.37. The molecule has 182 valence electrons. The standard InChI is InChI=1S/C25H22O10/c1-33-17-4-10(2-3-15(17)29)24-14(9-26)20-13(5-11(27)7-18(20)34-24)25-23(32)22(31)21-16(30)6-12(28)8-19(21)35-25/h2-8,14,23-30,32H,9H2,1H3/t14-,23-,24-,25+/m1/s1. The van der Waals surface area contributed by atoms with Crippen molar-refractivity contribution in [1.82, 2.24) is 0 Å². The van der Waals surface area contributed by atoms with Crippen LogP contribution in [0.1, 0.15) is 45.2 Å². The van der Waals surface area contributed by atoms with E-state index in [1.807, 2.05) is 0 Å². The van der Waals surface area contributed by atoms with Gasteiger partial charge in [-0.3, -0.25) is 4.79 Å². The number of ketones is 1. The molecule has 0 aromatic heterocycles. The molecule has 2 aliphatic rings. The Labute approximate surface area is 198 Å². The Bertz CT molecular complexity index is 1330. The number of hydrogen-bond acceptors (Lipinski definition) is 10. The van der Waals surface area contributed by atoms with Gasteiger partial charge in [0.05, 0.1) is 19.6 Å². The van der Waals surface area contributed by atoms with Crippen molar-refractivity contribution in [1.29, 1.82) is 0 Å². The Morgan fingerprint density at radius 1 is 0.886 bits per heavy atom. The fourth-order valence-electron chi connectivity index (χ4n) is 4.74. The summed E-state index contributed by atoms with van der Waals surface area (Å²) in [7, 11) is 1.40. The molecule has 10 heteroatoms. The molecule has 0 amide bonds. The molecular formula is C25H22O10. The zero-order chi connectivity index (χ0) is 25.0. The lowest BCUT2D eigenvalue weighted by molar-refractivity contribution is 0.0205. The van der Waals surface area contributed by atoms with Crippen molar-refractivity contribution in [3.8, 4) is 40.2 Å². The number of carbonyl (C=O) groups is 1. The summed E-state index contributed by atoms with van der Waals surface area (Å²) in [6, 6.07) is 9.35. The van der Waals surface area contributed by atoms with Crippen LogP contribution in [0.15, 0.2) is 42.5 Å². The number of benzene rings is 3. The third-order valence-electron chi connectivity index (χ3n) is 6.31. The van der Waals surface area contributed by atoms with E-state index in [0.717, 1.165) is 12.1 Å². The van der Waals surface area contributed by atoms with Gasteiger partial charge in [0.2, 0.25) is 5.78 Å². The topological polar surface area (TPSA) is 166 Å². The molecule has 2 heterocycles. The number of ether oxygens (including phenoxy) is 3. The van der Waals surface area contributed by atoms with E-state index in [2.05, 4.69) is 0 Å². The number of methoxy groups -OCH3 is 1. The predicted molar refractivity (Wildman–Crippen MR) is 119 cm³/mol. The molecule has 0 saturated carbocycles. The molecule has 0 radical (unpaired) electrons. The number of phenolic OH excluding ortho intramolecular Hbond substituents is 4. The average molecular weight is 482 g/mol. The van der Waals surface area contributed by atoms with E-state index in [1.165, 1.54) is 25.3 Å². The van der Waals surface area contributed by atoms with Crippen molar-refractivity contribution in [2.75, 3.05) is 13.7 Å². The van der Waals surface area contributed by atoms with Crippen molar-refractivity contribution in [3.63, 3.8) is 0 Å². The van der Waals surface area contributed by atoms with Gasteiger partial charge in [0.1, 0.15) is 40.4 Å². The van der Waals surface area contributed by atoms with Gasteiger partial charge in [-0.25, -0.2) is 0 Å². The second-order valence-electron chi connectivity index (χ2n) is 8.39. The first-order chi connectivity index (χ1) is 16.7. The smallest absolute Gasteiger partial charge is 0.202 e. The largest absolute Gasteiger partial charge is 0.508 e. The van der Waals surface area contributed by atoms with E-state index < -0.39 is 42.4 Å². The zero-order valence-electron chi connectivity index (χ0n) is 18.4. The normalized spacial score (nSPS) is 22.7. The third-order valence-corrected chi connectivity index (χ3v) is 6.31. The first-order valence-electron chi connectivity index (χ1n) is 10.7. The van der Waals surface area contributed by atoms with E-state index in [1.54, 1.807) is 12.1 Å². The van der Waals surface area contributed by atoms with Gasteiger partial charge < -0.3 is 44.8 Å². The van der Waals surface area contributed by atoms with Crippen molar-refractivity contribution in [3.05, 3.63) is 64.7 Å². The van der Waals surface area contributed by atoms with Crippen LogP contribution < -0.4 is 14.2 Å². The SMILES string of the molecule is COc1cc([C@H]2Oc3cc(O)cc([C@@H]4Oc5cc(O)cc(O)c5C(=O)[C@H]4O)c3[C@H]2CO)ccc1O. The fourth-order valence-corrected chi connectivity index (χ4v) is 4.74. The average Bonchev–Trinajstić information content (AvgIpc) is 3.19. The third kappa shape index (κ3) is 3.54. The summed E-state index contributed by atoms with van der Waals surface area (Å²) in [4.78, 5) is 12.9. The van der Waals surface area contributed by atoms with Gasteiger partial charge in [0.25, 0.3) is 0 Å². The van der Waals surface area contributed by atoms with Gasteiger partial charge in [-0.1, -0.05) is 6.07 Å². The van der Waals surface area contributed by atoms with Crippen LogP contribution in [-0.2, 0) is 0 Å². The van der Waals surface area contributed by atoms with Crippen LogP contribution in [0.3, 0.4) is 0 Å². The van der Waals surface area contributed by atoms with Gasteiger partial charge in [-0.15, -0.1) is 0 Å². The second-order valence-corrected chi connectivity index (χ2v) is 8.39. The molecule has 6 N–H and O–H groups in total. The molecule has 10 nitrogen and oxygen atoms in total. The Hall–Kier alpha value is -4.15.